The molecule has 8 heteroatoms. The second-order valence-corrected chi connectivity index (χ2v) is 10.5. The molecular formula is C26H24ClNO5S. The predicted molar refractivity (Wildman–Crippen MR) is 128 cm³/mol. The van der Waals surface area contributed by atoms with E-state index in [4.69, 9.17) is 20.4 Å². The molecule has 0 radical (unpaired) electrons. The Kier molecular flexibility index (Phi) is 6.95. The zero-order chi connectivity index (χ0) is 24.3. The molecule has 0 aliphatic carbocycles. The van der Waals surface area contributed by atoms with Gasteiger partial charge >= 0.3 is 0 Å². The summed E-state index contributed by atoms with van der Waals surface area (Å²) in [6.07, 6.45) is 1.54. The van der Waals surface area contributed by atoms with Gasteiger partial charge in [0.05, 0.1) is 17.7 Å². The van der Waals surface area contributed by atoms with Crippen molar-refractivity contribution in [3.63, 3.8) is 0 Å². The minimum atomic E-state index is -3.93. The highest BCUT2D eigenvalue weighted by molar-refractivity contribution is 7.91. The number of carbonyl (C=O) groups excluding carboxylic acids is 1. The van der Waals surface area contributed by atoms with Crippen LogP contribution in [0.3, 0.4) is 0 Å². The van der Waals surface area contributed by atoms with Crippen molar-refractivity contribution >= 4 is 27.3 Å². The first-order valence-corrected chi connectivity index (χ1v) is 12.6. The van der Waals surface area contributed by atoms with Crippen molar-refractivity contribution in [2.24, 2.45) is 0 Å². The van der Waals surface area contributed by atoms with E-state index in [0.29, 0.717) is 23.2 Å². The van der Waals surface area contributed by atoms with Crippen LogP contribution < -0.4 is 0 Å². The highest BCUT2D eigenvalue weighted by Gasteiger charge is 2.26. The monoisotopic (exact) mass is 497 g/mol. The van der Waals surface area contributed by atoms with E-state index in [9.17, 15) is 13.2 Å². The lowest BCUT2D eigenvalue weighted by atomic mass is 10.0. The number of sulfone groups is 1. The van der Waals surface area contributed by atoms with Gasteiger partial charge in [-0.2, -0.15) is 0 Å². The van der Waals surface area contributed by atoms with Gasteiger partial charge in [-0.25, -0.2) is 8.42 Å². The largest absolute Gasteiger partial charge is 0.467 e. The Morgan fingerprint density at radius 3 is 2.26 bits per heavy atom. The smallest absolute Gasteiger partial charge is 0.290 e. The number of nitrogens with zero attached hydrogens (tertiary/aromatic N) is 1. The summed E-state index contributed by atoms with van der Waals surface area (Å²) >= 11 is 5.86. The maximum absolute atomic E-state index is 13.4. The molecule has 0 bridgehead atoms. The zero-order valence-electron chi connectivity index (χ0n) is 18.8. The fraction of sp³-hybridized carbons (Fsp3) is 0.192. The van der Waals surface area contributed by atoms with Crippen LogP contribution in [0.5, 0.6) is 0 Å². The lowest BCUT2D eigenvalue weighted by molar-refractivity contribution is 0.0679. The van der Waals surface area contributed by atoms with Crippen LogP contribution in [0.15, 0.2) is 97.9 Å². The fourth-order valence-corrected chi connectivity index (χ4v) is 4.78. The fourth-order valence-electron chi connectivity index (χ4n) is 3.48. The van der Waals surface area contributed by atoms with E-state index in [1.807, 2.05) is 24.3 Å². The van der Waals surface area contributed by atoms with Crippen molar-refractivity contribution in [3.05, 3.63) is 107 Å². The topological polar surface area (TPSA) is 80.7 Å². The van der Waals surface area contributed by atoms with Gasteiger partial charge in [0.15, 0.2) is 5.76 Å². The standard InChI is InChI=1S/C26H24ClNO5S/c1-18(2)20-7-5-19(6-8-20)16-28(17-22-4-3-15-32-22)26(29)24-13-14-25(33-24)34(30,31)23-11-9-21(27)10-12-23/h3-15,18H,16-17H2,1-2H3. The second kappa shape index (κ2) is 9.91. The summed E-state index contributed by atoms with van der Waals surface area (Å²) in [6, 6.07) is 20.0. The summed E-state index contributed by atoms with van der Waals surface area (Å²) in [6.45, 7) is 4.75. The third kappa shape index (κ3) is 5.26. The number of furan rings is 2. The molecule has 176 valence electrons. The van der Waals surface area contributed by atoms with Gasteiger partial charge in [0.25, 0.3) is 5.91 Å². The third-order valence-electron chi connectivity index (χ3n) is 5.41. The summed E-state index contributed by atoms with van der Waals surface area (Å²) in [7, 11) is -3.93. The van der Waals surface area contributed by atoms with Gasteiger partial charge in [0.1, 0.15) is 5.76 Å². The third-order valence-corrected chi connectivity index (χ3v) is 7.31. The summed E-state index contributed by atoms with van der Waals surface area (Å²) < 4.78 is 36.8. The molecule has 0 N–H and O–H groups in total. The molecule has 0 spiro atoms. The van der Waals surface area contributed by atoms with Crippen molar-refractivity contribution in [1.82, 2.24) is 4.90 Å². The first kappa shape index (κ1) is 23.9. The Morgan fingerprint density at radius 2 is 1.65 bits per heavy atom. The number of carbonyl (C=O) groups is 1. The van der Waals surface area contributed by atoms with E-state index in [1.54, 1.807) is 23.3 Å². The Hall–Kier alpha value is -3.29. The molecule has 0 aliphatic heterocycles. The molecule has 0 fully saturated rings. The number of amides is 1. The first-order valence-electron chi connectivity index (χ1n) is 10.7. The molecule has 0 atom stereocenters. The van der Waals surface area contributed by atoms with E-state index >= 15 is 0 Å². The van der Waals surface area contributed by atoms with Gasteiger partial charge < -0.3 is 13.7 Å². The molecule has 2 heterocycles. The van der Waals surface area contributed by atoms with Crippen LogP contribution in [0.2, 0.25) is 5.02 Å². The van der Waals surface area contributed by atoms with Crippen LogP contribution in [-0.4, -0.2) is 19.2 Å². The minimum absolute atomic E-state index is 0.0305. The van der Waals surface area contributed by atoms with Gasteiger partial charge in [-0.3, -0.25) is 4.79 Å². The Balaban J connectivity index is 1.60. The maximum Gasteiger partial charge on any atom is 0.290 e. The molecular weight excluding hydrogens is 474 g/mol. The van der Waals surface area contributed by atoms with Gasteiger partial charge in [-0.15, -0.1) is 0 Å². The second-order valence-electron chi connectivity index (χ2n) is 8.21. The Morgan fingerprint density at radius 1 is 0.941 bits per heavy atom. The summed E-state index contributed by atoms with van der Waals surface area (Å²) in [5.41, 5.74) is 2.14. The van der Waals surface area contributed by atoms with Gasteiger partial charge in [-0.05, 0) is 65.6 Å². The van der Waals surface area contributed by atoms with E-state index < -0.39 is 15.7 Å². The van der Waals surface area contributed by atoms with Gasteiger partial charge in [0, 0.05) is 11.6 Å². The quantitative estimate of drug-likeness (QED) is 0.284. The predicted octanol–water partition coefficient (Wildman–Crippen LogP) is 6.32. The average molecular weight is 498 g/mol. The van der Waals surface area contributed by atoms with E-state index in [0.717, 1.165) is 5.56 Å². The summed E-state index contributed by atoms with van der Waals surface area (Å²) in [5, 5.41) is 0.113. The van der Waals surface area contributed by atoms with Crippen molar-refractivity contribution in [2.75, 3.05) is 0 Å². The Bertz CT molecular complexity index is 1360. The summed E-state index contributed by atoms with van der Waals surface area (Å²) in [5.74, 6) is 0.492. The van der Waals surface area contributed by atoms with Gasteiger partial charge in [-0.1, -0.05) is 49.7 Å². The molecule has 34 heavy (non-hydrogen) atoms. The zero-order valence-corrected chi connectivity index (χ0v) is 20.3. The molecule has 0 aliphatic rings. The normalized spacial score (nSPS) is 11.6. The number of hydrogen-bond acceptors (Lipinski definition) is 5. The van der Waals surface area contributed by atoms with Crippen molar-refractivity contribution in [2.45, 2.75) is 42.8 Å². The van der Waals surface area contributed by atoms with Crippen molar-refractivity contribution in [3.8, 4) is 0 Å². The highest BCUT2D eigenvalue weighted by atomic mass is 35.5. The molecule has 2 aromatic carbocycles. The SMILES string of the molecule is CC(C)c1ccc(CN(Cc2ccco2)C(=O)c2ccc(S(=O)(=O)c3ccc(Cl)cc3)o2)cc1. The number of halogens is 1. The Labute approximate surface area is 203 Å². The molecule has 6 nitrogen and oxygen atoms in total. The van der Waals surface area contributed by atoms with E-state index in [-0.39, 0.29) is 22.3 Å². The highest BCUT2D eigenvalue weighted by Crippen LogP contribution is 2.26. The number of benzene rings is 2. The van der Waals surface area contributed by atoms with Crippen molar-refractivity contribution in [1.29, 1.82) is 0 Å². The lowest BCUT2D eigenvalue weighted by Crippen LogP contribution is -2.29. The van der Waals surface area contributed by atoms with Crippen LogP contribution in [0, 0.1) is 0 Å². The van der Waals surface area contributed by atoms with Crippen LogP contribution >= 0.6 is 11.6 Å². The first-order chi connectivity index (χ1) is 16.2. The number of rotatable bonds is 8. The van der Waals surface area contributed by atoms with Crippen LogP contribution in [0.1, 0.15) is 47.2 Å². The van der Waals surface area contributed by atoms with Gasteiger partial charge in [0.2, 0.25) is 14.9 Å². The van der Waals surface area contributed by atoms with Crippen LogP contribution in [0.25, 0.3) is 0 Å². The molecule has 1 amide bonds. The molecule has 4 rings (SSSR count). The molecule has 0 saturated carbocycles. The average Bonchev–Trinajstić information content (AvgIpc) is 3.52. The van der Waals surface area contributed by atoms with E-state index in [1.165, 1.54) is 42.0 Å². The lowest BCUT2D eigenvalue weighted by Gasteiger charge is -2.21. The van der Waals surface area contributed by atoms with Crippen LogP contribution in [0.4, 0.5) is 0 Å². The minimum Gasteiger partial charge on any atom is -0.467 e. The molecule has 4 aromatic rings. The summed E-state index contributed by atoms with van der Waals surface area (Å²) in [4.78, 5) is 14.9. The molecule has 2 aromatic heterocycles. The number of hydrogen-bond donors (Lipinski definition) is 0. The van der Waals surface area contributed by atoms with Crippen molar-refractivity contribution < 1.29 is 22.0 Å². The molecule has 0 saturated heterocycles. The molecule has 0 unspecified atom stereocenters. The van der Waals surface area contributed by atoms with Crippen LogP contribution in [-0.2, 0) is 22.9 Å². The maximum atomic E-state index is 13.4. The van der Waals surface area contributed by atoms with E-state index in [2.05, 4.69) is 13.8 Å².